The van der Waals surface area contributed by atoms with Gasteiger partial charge >= 0.3 is 5.97 Å². The minimum Gasteiger partial charge on any atom is -0.496 e. The van der Waals surface area contributed by atoms with Crippen molar-refractivity contribution >= 4 is 28.3 Å². The molecule has 5 nitrogen and oxygen atoms in total. The third-order valence-corrected chi connectivity index (χ3v) is 5.00. The van der Waals surface area contributed by atoms with Gasteiger partial charge in [-0.15, -0.1) is 0 Å². The van der Waals surface area contributed by atoms with Crippen molar-refractivity contribution in [2.24, 2.45) is 0 Å². The lowest BCUT2D eigenvalue weighted by atomic mass is 9.99. The molecule has 0 radical (unpaired) electrons. The van der Waals surface area contributed by atoms with Crippen LogP contribution < -0.4 is 10.1 Å². The summed E-state index contributed by atoms with van der Waals surface area (Å²) in [6.07, 6.45) is 1.06. The Balaban J connectivity index is 1.63. The predicted octanol–water partition coefficient (Wildman–Crippen LogP) is 5.16. The molecular weight excluding hydrogens is 366 g/mol. The number of nitrogens with one attached hydrogen (secondary N) is 1. The normalized spacial score (nSPS) is 11.7. The second-order valence-electron chi connectivity index (χ2n) is 6.96. The molecule has 0 aliphatic heterocycles. The van der Waals surface area contributed by atoms with Crippen LogP contribution >= 0.6 is 0 Å². The zero-order chi connectivity index (χ0) is 20.8. The van der Waals surface area contributed by atoms with Crippen LogP contribution in [0, 0.1) is 0 Å². The first kappa shape index (κ1) is 20.4. The van der Waals surface area contributed by atoms with Crippen molar-refractivity contribution in [2.75, 3.05) is 19.0 Å². The minimum absolute atomic E-state index is 0.289. The van der Waals surface area contributed by atoms with Gasteiger partial charge < -0.3 is 14.8 Å². The smallest absolute Gasteiger partial charge is 0.342 e. The molecule has 0 unspecified atom stereocenters. The van der Waals surface area contributed by atoms with Crippen LogP contribution in [0.2, 0.25) is 0 Å². The van der Waals surface area contributed by atoms with Gasteiger partial charge in [-0.2, -0.15) is 0 Å². The van der Waals surface area contributed by atoms with E-state index in [9.17, 15) is 9.59 Å². The molecular formula is C24H25NO4. The van der Waals surface area contributed by atoms with Crippen LogP contribution in [-0.2, 0) is 9.53 Å². The lowest BCUT2D eigenvalue weighted by Crippen LogP contribution is -2.21. The van der Waals surface area contributed by atoms with Gasteiger partial charge in [-0.25, -0.2) is 4.79 Å². The van der Waals surface area contributed by atoms with Gasteiger partial charge in [0.25, 0.3) is 5.91 Å². The SMILES string of the molecule is CC[C@H](C)c1ccc(NC(=O)COC(=O)c2cc3ccccc3cc2OC)cc1. The van der Waals surface area contributed by atoms with Gasteiger partial charge in [0.15, 0.2) is 6.61 Å². The highest BCUT2D eigenvalue weighted by atomic mass is 16.5. The van der Waals surface area contributed by atoms with E-state index in [4.69, 9.17) is 9.47 Å². The highest BCUT2D eigenvalue weighted by Gasteiger charge is 2.16. The average Bonchev–Trinajstić information content (AvgIpc) is 2.76. The fourth-order valence-electron chi connectivity index (χ4n) is 3.08. The molecule has 0 aromatic heterocycles. The highest BCUT2D eigenvalue weighted by molar-refractivity contribution is 6.00. The molecule has 29 heavy (non-hydrogen) atoms. The van der Waals surface area contributed by atoms with Crippen molar-refractivity contribution in [1.82, 2.24) is 0 Å². The van der Waals surface area contributed by atoms with Crippen molar-refractivity contribution in [2.45, 2.75) is 26.2 Å². The first-order valence-electron chi connectivity index (χ1n) is 9.65. The average molecular weight is 391 g/mol. The molecule has 0 aliphatic carbocycles. The van der Waals surface area contributed by atoms with E-state index in [-0.39, 0.29) is 12.2 Å². The first-order chi connectivity index (χ1) is 14.0. The summed E-state index contributed by atoms with van der Waals surface area (Å²) in [7, 11) is 1.50. The number of carbonyl (C=O) groups is 2. The van der Waals surface area contributed by atoms with E-state index in [0.717, 1.165) is 17.2 Å². The Kier molecular flexibility index (Phi) is 6.50. The lowest BCUT2D eigenvalue weighted by molar-refractivity contribution is -0.119. The molecule has 0 bridgehead atoms. The zero-order valence-corrected chi connectivity index (χ0v) is 16.9. The standard InChI is InChI=1S/C24H25NO4/c1-4-16(2)17-9-11-20(12-10-17)25-23(26)15-29-24(27)21-13-18-7-5-6-8-19(18)14-22(21)28-3/h5-14,16H,4,15H2,1-3H3,(H,25,26)/t16-/m0/s1. The number of esters is 1. The Morgan fingerprint density at radius 1 is 1.00 bits per heavy atom. The number of benzene rings is 3. The summed E-state index contributed by atoms with van der Waals surface area (Å²) in [5.74, 6) is -0.114. The number of methoxy groups -OCH3 is 1. The summed E-state index contributed by atoms with van der Waals surface area (Å²) in [5, 5.41) is 4.60. The predicted molar refractivity (Wildman–Crippen MR) is 115 cm³/mol. The number of anilines is 1. The van der Waals surface area contributed by atoms with Crippen LogP contribution in [0.25, 0.3) is 10.8 Å². The maximum Gasteiger partial charge on any atom is 0.342 e. The maximum absolute atomic E-state index is 12.5. The number of rotatable bonds is 7. The molecule has 5 heteroatoms. The third-order valence-electron chi connectivity index (χ3n) is 5.00. The van der Waals surface area contributed by atoms with E-state index in [1.165, 1.54) is 12.7 Å². The van der Waals surface area contributed by atoms with E-state index in [0.29, 0.717) is 17.4 Å². The molecule has 0 spiro atoms. The second-order valence-corrected chi connectivity index (χ2v) is 6.96. The molecule has 1 amide bonds. The van der Waals surface area contributed by atoms with Crippen molar-refractivity contribution in [3.05, 3.63) is 71.8 Å². The lowest BCUT2D eigenvalue weighted by Gasteiger charge is -2.12. The van der Waals surface area contributed by atoms with Crippen LogP contribution in [0.4, 0.5) is 5.69 Å². The molecule has 0 fully saturated rings. The van der Waals surface area contributed by atoms with Gasteiger partial charge in [0.2, 0.25) is 0 Å². The van der Waals surface area contributed by atoms with E-state index in [1.54, 1.807) is 12.1 Å². The molecule has 3 aromatic rings. The largest absolute Gasteiger partial charge is 0.496 e. The Hall–Kier alpha value is -3.34. The van der Waals surface area contributed by atoms with E-state index in [2.05, 4.69) is 19.2 Å². The van der Waals surface area contributed by atoms with E-state index in [1.807, 2.05) is 48.5 Å². The summed E-state index contributed by atoms with van der Waals surface area (Å²) in [6.45, 7) is 3.93. The molecule has 0 aliphatic rings. The maximum atomic E-state index is 12.5. The molecule has 3 rings (SSSR count). The quantitative estimate of drug-likeness (QED) is 0.565. The summed E-state index contributed by atoms with van der Waals surface area (Å²) in [5.41, 5.74) is 2.18. The van der Waals surface area contributed by atoms with Crippen molar-refractivity contribution in [3.63, 3.8) is 0 Å². The number of carbonyl (C=O) groups excluding carboxylic acids is 2. The van der Waals surface area contributed by atoms with Gasteiger partial charge in [-0.1, -0.05) is 50.2 Å². The molecule has 0 heterocycles. The highest BCUT2D eigenvalue weighted by Crippen LogP contribution is 2.26. The Morgan fingerprint density at radius 2 is 1.66 bits per heavy atom. The van der Waals surface area contributed by atoms with Crippen LogP contribution in [0.3, 0.4) is 0 Å². The zero-order valence-electron chi connectivity index (χ0n) is 16.9. The summed E-state index contributed by atoms with van der Waals surface area (Å²) in [4.78, 5) is 24.7. The van der Waals surface area contributed by atoms with E-state index >= 15 is 0 Å². The fourth-order valence-corrected chi connectivity index (χ4v) is 3.08. The summed E-state index contributed by atoms with van der Waals surface area (Å²) < 4.78 is 10.5. The van der Waals surface area contributed by atoms with Crippen LogP contribution in [0.15, 0.2) is 60.7 Å². The van der Waals surface area contributed by atoms with Crippen LogP contribution in [-0.4, -0.2) is 25.6 Å². The molecule has 1 N–H and O–H groups in total. The van der Waals surface area contributed by atoms with Crippen LogP contribution in [0.1, 0.15) is 42.1 Å². The Bertz CT molecular complexity index is 1010. The van der Waals surface area contributed by atoms with Gasteiger partial charge in [0.1, 0.15) is 11.3 Å². The molecule has 0 saturated carbocycles. The summed E-state index contributed by atoms with van der Waals surface area (Å²) in [6, 6.07) is 18.8. The number of fused-ring (bicyclic) bond motifs is 1. The number of amides is 1. The first-order valence-corrected chi connectivity index (χ1v) is 9.65. The van der Waals surface area contributed by atoms with Gasteiger partial charge in [-0.05, 0) is 52.9 Å². The van der Waals surface area contributed by atoms with Crippen molar-refractivity contribution in [3.8, 4) is 5.75 Å². The molecule has 3 aromatic carbocycles. The van der Waals surface area contributed by atoms with Crippen molar-refractivity contribution < 1.29 is 19.1 Å². The second kappa shape index (κ2) is 9.24. The Morgan fingerprint density at radius 3 is 2.28 bits per heavy atom. The number of hydrogen-bond donors (Lipinski definition) is 1. The number of hydrogen-bond acceptors (Lipinski definition) is 4. The molecule has 1 atom stereocenters. The van der Waals surface area contributed by atoms with Gasteiger partial charge in [0.05, 0.1) is 7.11 Å². The van der Waals surface area contributed by atoms with Crippen LogP contribution in [0.5, 0.6) is 5.75 Å². The van der Waals surface area contributed by atoms with Gasteiger partial charge in [0, 0.05) is 5.69 Å². The van der Waals surface area contributed by atoms with Gasteiger partial charge in [-0.3, -0.25) is 4.79 Å². The molecule has 150 valence electrons. The van der Waals surface area contributed by atoms with Crippen molar-refractivity contribution in [1.29, 1.82) is 0 Å². The fraction of sp³-hybridized carbons (Fsp3) is 0.250. The minimum atomic E-state index is -0.602. The number of ether oxygens (including phenoxy) is 2. The topological polar surface area (TPSA) is 64.6 Å². The third kappa shape index (κ3) is 4.93. The summed E-state index contributed by atoms with van der Waals surface area (Å²) >= 11 is 0. The monoisotopic (exact) mass is 391 g/mol. The molecule has 0 saturated heterocycles. The Labute approximate surface area is 170 Å². The van der Waals surface area contributed by atoms with E-state index < -0.39 is 11.9 Å².